The second kappa shape index (κ2) is 6.15. The number of rotatable bonds is 1. The lowest BCUT2D eigenvalue weighted by Gasteiger charge is -2.35. The first-order valence-corrected chi connectivity index (χ1v) is 7.58. The second-order valence-corrected chi connectivity index (χ2v) is 7.94. The highest BCUT2D eigenvalue weighted by Crippen LogP contribution is 2.29. The van der Waals surface area contributed by atoms with Crippen LogP contribution in [-0.2, 0) is 4.74 Å². The fraction of sp³-hybridized carbons (Fsp3) is 0.938. The zero-order valence-electron chi connectivity index (χ0n) is 13.6. The Morgan fingerprint density at radius 1 is 1.11 bits per heavy atom. The van der Waals surface area contributed by atoms with E-state index in [1.165, 1.54) is 12.8 Å². The van der Waals surface area contributed by atoms with Crippen molar-refractivity contribution in [2.24, 2.45) is 5.41 Å². The minimum Gasteiger partial charge on any atom is -0.444 e. The van der Waals surface area contributed by atoms with E-state index in [2.05, 4.69) is 20.8 Å². The Morgan fingerprint density at radius 3 is 2.26 bits per heavy atom. The van der Waals surface area contributed by atoms with Crippen molar-refractivity contribution < 1.29 is 9.53 Å². The first-order valence-electron chi connectivity index (χ1n) is 7.58. The van der Waals surface area contributed by atoms with E-state index >= 15 is 0 Å². The summed E-state index contributed by atoms with van der Waals surface area (Å²) in [6, 6.07) is 0.331. The second-order valence-electron chi connectivity index (χ2n) is 7.94. The van der Waals surface area contributed by atoms with Crippen molar-refractivity contribution in [2.45, 2.75) is 85.3 Å². The molecule has 1 atom stereocenters. The maximum absolute atomic E-state index is 12.4. The Morgan fingerprint density at radius 2 is 1.74 bits per heavy atom. The summed E-state index contributed by atoms with van der Waals surface area (Å²) in [7, 11) is 0. The molecule has 0 aromatic heterocycles. The fourth-order valence-corrected chi connectivity index (χ4v) is 2.66. The molecule has 0 saturated carbocycles. The molecule has 3 heteroatoms. The smallest absolute Gasteiger partial charge is 0.410 e. The van der Waals surface area contributed by atoms with Crippen LogP contribution in [-0.4, -0.2) is 29.2 Å². The number of nitrogens with zero attached hydrogens (tertiary/aromatic N) is 1. The molecule has 1 heterocycles. The minimum absolute atomic E-state index is 0.136. The Labute approximate surface area is 118 Å². The molecule has 0 bridgehead atoms. The lowest BCUT2D eigenvalue weighted by atomic mass is 9.86. The minimum atomic E-state index is -0.407. The maximum atomic E-state index is 12.4. The molecule has 0 spiro atoms. The molecule has 0 radical (unpaired) electrons. The zero-order chi connectivity index (χ0) is 14.7. The highest BCUT2D eigenvalue weighted by molar-refractivity contribution is 5.68. The van der Waals surface area contributed by atoms with Crippen molar-refractivity contribution in [3.63, 3.8) is 0 Å². The molecule has 1 rings (SSSR count). The van der Waals surface area contributed by atoms with Gasteiger partial charge in [-0.1, -0.05) is 33.6 Å². The molecule has 0 N–H and O–H groups in total. The Hall–Kier alpha value is -0.730. The number of ether oxygens (including phenoxy) is 1. The van der Waals surface area contributed by atoms with Gasteiger partial charge < -0.3 is 9.64 Å². The van der Waals surface area contributed by atoms with Gasteiger partial charge in [0, 0.05) is 12.6 Å². The molecule has 1 amide bonds. The number of hydrogen-bond acceptors (Lipinski definition) is 2. The predicted molar refractivity (Wildman–Crippen MR) is 79.3 cm³/mol. The molecular weight excluding hydrogens is 238 g/mol. The van der Waals surface area contributed by atoms with E-state index in [0.717, 1.165) is 25.8 Å². The summed E-state index contributed by atoms with van der Waals surface area (Å²) in [5.74, 6) is 0. The van der Waals surface area contributed by atoms with E-state index in [1.807, 2.05) is 25.7 Å². The summed E-state index contributed by atoms with van der Waals surface area (Å²) in [6.07, 6.45) is 5.56. The average Bonchev–Trinajstić information content (AvgIpc) is 2.37. The zero-order valence-corrected chi connectivity index (χ0v) is 13.6. The number of amides is 1. The molecule has 0 aromatic carbocycles. The molecule has 1 aliphatic heterocycles. The lowest BCUT2D eigenvalue weighted by Crippen LogP contribution is -2.44. The third kappa shape index (κ3) is 6.31. The van der Waals surface area contributed by atoms with E-state index in [-0.39, 0.29) is 11.5 Å². The van der Waals surface area contributed by atoms with E-state index in [4.69, 9.17) is 4.74 Å². The fourth-order valence-electron chi connectivity index (χ4n) is 2.66. The van der Waals surface area contributed by atoms with Gasteiger partial charge in [-0.25, -0.2) is 4.79 Å². The number of hydrogen-bond donors (Lipinski definition) is 0. The monoisotopic (exact) mass is 269 g/mol. The molecule has 1 fully saturated rings. The molecule has 0 unspecified atom stereocenters. The van der Waals surface area contributed by atoms with Crippen LogP contribution in [0.3, 0.4) is 0 Å². The lowest BCUT2D eigenvalue weighted by molar-refractivity contribution is 0.0127. The summed E-state index contributed by atoms with van der Waals surface area (Å²) in [6.45, 7) is 13.4. The van der Waals surface area contributed by atoms with Gasteiger partial charge in [-0.2, -0.15) is 0 Å². The number of carbonyl (C=O) groups excluding carboxylic acids is 1. The largest absolute Gasteiger partial charge is 0.444 e. The van der Waals surface area contributed by atoms with Crippen LogP contribution in [0.15, 0.2) is 0 Å². The van der Waals surface area contributed by atoms with Gasteiger partial charge in [-0.3, -0.25) is 0 Å². The van der Waals surface area contributed by atoms with Gasteiger partial charge in [-0.15, -0.1) is 0 Å². The van der Waals surface area contributed by atoms with Crippen molar-refractivity contribution in [2.75, 3.05) is 6.54 Å². The third-order valence-electron chi connectivity index (χ3n) is 3.35. The molecule has 19 heavy (non-hydrogen) atoms. The topological polar surface area (TPSA) is 29.5 Å². The van der Waals surface area contributed by atoms with Crippen molar-refractivity contribution in [3.8, 4) is 0 Å². The highest BCUT2D eigenvalue weighted by Gasteiger charge is 2.31. The van der Waals surface area contributed by atoms with Gasteiger partial charge in [0.05, 0.1) is 0 Å². The van der Waals surface area contributed by atoms with E-state index < -0.39 is 5.60 Å². The van der Waals surface area contributed by atoms with Gasteiger partial charge in [0.25, 0.3) is 0 Å². The summed E-state index contributed by atoms with van der Waals surface area (Å²) in [5, 5.41) is 0. The Kier molecular flexibility index (Phi) is 5.28. The molecule has 1 aliphatic rings. The first kappa shape index (κ1) is 16.3. The van der Waals surface area contributed by atoms with Gasteiger partial charge in [0.1, 0.15) is 5.60 Å². The molecule has 3 nitrogen and oxygen atoms in total. The van der Waals surface area contributed by atoms with Crippen LogP contribution in [0.4, 0.5) is 4.79 Å². The average molecular weight is 269 g/mol. The van der Waals surface area contributed by atoms with Crippen LogP contribution in [0.1, 0.15) is 73.6 Å². The summed E-state index contributed by atoms with van der Waals surface area (Å²) < 4.78 is 5.56. The first-order chi connectivity index (χ1) is 8.58. The quantitative estimate of drug-likeness (QED) is 0.696. The van der Waals surface area contributed by atoms with Crippen LogP contribution in [0.2, 0.25) is 0 Å². The predicted octanol–water partition coefficient (Wildman–Crippen LogP) is 4.60. The van der Waals surface area contributed by atoms with Crippen molar-refractivity contribution in [1.82, 2.24) is 4.90 Å². The van der Waals surface area contributed by atoms with Crippen LogP contribution in [0, 0.1) is 5.41 Å². The van der Waals surface area contributed by atoms with E-state index in [9.17, 15) is 4.79 Å². The standard InChI is InChI=1S/C16H31NO2/c1-15(2,3)12-13-10-8-7-9-11-17(13)14(18)19-16(4,5)6/h13H,7-12H2,1-6H3/t13-/m1/s1. The van der Waals surface area contributed by atoms with Crippen molar-refractivity contribution >= 4 is 6.09 Å². The molecule has 112 valence electrons. The molecular formula is C16H31NO2. The van der Waals surface area contributed by atoms with Gasteiger partial charge >= 0.3 is 6.09 Å². The SMILES string of the molecule is CC(C)(C)C[C@H]1CCCCCN1C(=O)OC(C)(C)C. The van der Waals surface area contributed by atoms with Crippen LogP contribution < -0.4 is 0 Å². The van der Waals surface area contributed by atoms with Gasteiger partial charge in [0.2, 0.25) is 0 Å². The Bertz CT molecular complexity index is 299. The molecule has 1 saturated heterocycles. The summed E-state index contributed by atoms with van der Waals surface area (Å²) >= 11 is 0. The number of likely N-dealkylation sites (tertiary alicyclic amines) is 1. The Balaban J connectivity index is 2.76. The van der Waals surface area contributed by atoms with Gasteiger partial charge in [0.15, 0.2) is 0 Å². The number of carbonyl (C=O) groups is 1. The molecule has 0 aromatic rings. The van der Waals surface area contributed by atoms with E-state index in [0.29, 0.717) is 6.04 Å². The van der Waals surface area contributed by atoms with E-state index in [1.54, 1.807) is 0 Å². The highest BCUT2D eigenvalue weighted by atomic mass is 16.6. The van der Waals surface area contributed by atoms with Crippen molar-refractivity contribution in [3.05, 3.63) is 0 Å². The maximum Gasteiger partial charge on any atom is 0.410 e. The normalized spacial score (nSPS) is 22.0. The van der Waals surface area contributed by atoms with Crippen LogP contribution in [0.25, 0.3) is 0 Å². The van der Waals surface area contributed by atoms with Crippen LogP contribution in [0.5, 0.6) is 0 Å². The van der Waals surface area contributed by atoms with Crippen LogP contribution >= 0.6 is 0 Å². The summed E-state index contributed by atoms with van der Waals surface area (Å²) in [5.41, 5.74) is -0.162. The summed E-state index contributed by atoms with van der Waals surface area (Å²) in [4.78, 5) is 14.3. The van der Waals surface area contributed by atoms with Crippen molar-refractivity contribution in [1.29, 1.82) is 0 Å². The van der Waals surface area contributed by atoms with Gasteiger partial charge in [-0.05, 0) is 45.4 Å². The third-order valence-corrected chi connectivity index (χ3v) is 3.35. The molecule has 0 aliphatic carbocycles.